The molecule has 70 valence electrons. The summed E-state index contributed by atoms with van der Waals surface area (Å²) >= 11 is 11.4. The number of thiocarbonyl (C=S) groups is 1. The maximum absolute atomic E-state index is 6.07. The van der Waals surface area contributed by atoms with Gasteiger partial charge in [0.2, 0.25) is 0 Å². The molecular weight excluding hydrogens is 219 g/mol. The lowest BCUT2D eigenvalue weighted by atomic mass is 10.0. The first-order valence-electron chi connectivity index (χ1n) is 4.15. The van der Waals surface area contributed by atoms with E-state index in [1.54, 1.807) is 0 Å². The van der Waals surface area contributed by atoms with Gasteiger partial charge >= 0.3 is 0 Å². The van der Waals surface area contributed by atoms with Crippen molar-refractivity contribution in [3.05, 3.63) is 34.3 Å². The molecule has 0 amide bonds. The molecule has 0 fully saturated rings. The van der Waals surface area contributed by atoms with Crippen LogP contribution < -0.4 is 0 Å². The van der Waals surface area contributed by atoms with Crippen molar-refractivity contribution < 1.29 is 0 Å². The molecule has 0 saturated heterocycles. The number of hydrogen-bond acceptors (Lipinski definition) is 1. The molecule has 1 aromatic rings. The lowest BCUT2D eigenvalue weighted by molar-refractivity contribution is 1.32. The van der Waals surface area contributed by atoms with E-state index in [0.29, 0.717) is 0 Å². The van der Waals surface area contributed by atoms with Crippen LogP contribution >= 0.6 is 33.1 Å². The molecule has 1 atom stereocenters. The molecule has 0 saturated carbocycles. The van der Waals surface area contributed by atoms with E-state index < -0.39 is 0 Å². The molecule has 1 rings (SSSR count). The van der Waals surface area contributed by atoms with Gasteiger partial charge in [0.1, 0.15) is 0 Å². The summed E-state index contributed by atoms with van der Waals surface area (Å²) in [6.07, 6.45) is 1.90. The van der Waals surface area contributed by atoms with E-state index in [-0.39, 0.29) is 0 Å². The Morgan fingerprint density at radius 3 is 2.77 bits per heavy atom. The topological polar surface area (TPSA) is 0 Å². The summed E-state index contributed by atoms with van der Waals surface area (Å²) in [6.45, 7) is 2.04. The van der Waals surface area contributed by atoms with Gasteiger partial charge in [-0.15, -0.1) is 9.24 Å². The van der Waals surface area contributed by atoms with Gasteiger partial charge in [-0.05, 0) is 31.1 Å². The van der Waals surface area contributed by atoms with Crippen LogP contribution in [-0.2, 0) is 0 Å². The van der Waals surface area contributed by atoms with E-state index in [4.69, 9.17) is 23.8 Å². The fourth-order valence-corrected chi connectivity index (χ4v) is 2.52. The van der Waals surface area contributed by atoms with Crippen LogP contribution in [0, 0.1) is 6.92 Å². The molecule has 13 heavy (non-hydrogen) atoms. The van der Waals surface area contributed by atoms with Gasteiger partial charge in [0, 0.05) is 15.5 Å². The summed E-state index contributed by atoms with van der Waals surface area (Å²) in [4.78, 5) is 0.957. The number of halogens is 1. The van der Waals surface area contributed by atoms with Crippen LogP contribution in [0.2, 0.25) is 5.02 Å². The monoisotopic (exact) mass is 230 g/mol. The predicted molar refractivity (Wildman–Crippen MR) is 67.1 cm³/mol. The van der Waals surface area contributed by atoms with E-state index in [1.807, 2.05) is 25.1 Å². The zero-order chi connectivity index (χ0) is 9.84. The van der Waals surface area contributed by atoms with Gasteiger partial charge in [0.05, 0.1) is 0 Å². The minimum Gasteiger partial charge on any atom is -0.137 e. The van der Waals surface area contributed by atoms with Crippen molar-refractivity contribution in [3.8, 4) is 0 Å². The highest BCUT2D eigenvalue weighted by Crippen LogP contribution is 2.21. The molecule has 1 unspecified atom stereocenters. The summed E-state index contributed by atoms with van der Waals surface area (Å²) in [6, 6.07) is 5.87. The van der Waals surface area contributed by atoms with Crippen molar-refractivity contribution in [2.24, 2.45) is 0 Å². The molecule has 0 radical (unpaired) electrons. The fraction of sp³-hybridized carbons (Fsp3) is 0.300. The summed E-state index contributed by atoms with van der Waals surface area (Å²) in [5, 5.41) is 0.767. The van der Waals surface area contributed by atoms with Crippen molar-refractivity contribution in [2.45, 2.75) is 13.3 Å². The maximum atomic E-state index is 6.07. The van der Waals surface area contributed by atoms with Crippen molar-refractivity contribution in [1.82, 2.24) is 0 Å². The molecule has 0 bridgehead atoms. The van der Waals surface area contributed by atoms with Crippen LogP contribution in [0.5, 0.6) is 0 Å². The van der Waals surface area contributed by atoms with Crippen LogP contribution in [-0.4, -0.2) is 11.0 Å². The van der Waals surface area contributed by atoms with E-state index in [9.17, 15) is 0 Å². The lowest BCUT2D eigenvalue weighted by Gasteiger charge is -2.08. The van der Waals surface area contributed by atoms with E-state index in [0.717, 1.165) is 33.6 Å². The smallest absolute Gasteiger partial charge is 0.0492 e. The van der Waals surface area contributed by atoms with Crippen molar-refractivity contribution in [1.29, 1.82) is 0 Å². The van der Waals surface area contributed by atoms with Crippen LogP contribution in [0.1, 0.15) is 17.5 Å². The summed E-state index contributed by atoms with van der Waals surface area (Å²) in [5.41, 5.74) is 2.21. The Morgan fingerprint density at radius 1 is 1.54 bits per heavy atom. The summed E-state index contributed by atoms with van der Waals surface area (Å²) < 4.78 is 0. The highest BCUT2D eigenvalue weighted by Gasteiger charge is 2.07. The van der Waals surface area contributed by atoms with E-state index in [1.165, 1.54) is 0 Å². The first kappa shape index (κ1) is 11.1. The Bertz CT molecular complexity index is 302. The van der Waals surface area contributed by atoms with Crippen molar-refractivity contribution in [2.75, 3.05) is 6.16 Å². The molecule has 0 aliphatic carbocycles. The number of aryl methyl sites for hydroxylation is 1. The number of hydrogen-bond donors (Lipinski definition) is 0. The van der Waals surface area contributed by atoms with Crippen LogP contribution in [0.15, 0.2) is 18.2 Å². The third-order valence-electron chi connectivity index (χ3n) is 1.87. The number of benzene rings is 1. The van der Waals surface area contributed by atoms with Gasteiger partial charge in [-0.2, -0.15) is 0 Å². The predicted octanol–water partition coefficient (Wildman–Crippen LogP) is 3.63. The normalized spacial score (nSPS) is 10.1. The molecule has 0 aromatic heterocycles. The minimum atomic E-state index is 0.767. The fourth-order valence-electron chi connectivity index (χ4n) is 1.24. The van der Waals surface area contributed by atoms with Gasteiger partial charge in [-0.1, -0.05) is 36.0 Å². The third kappa shape index (κ3) is 2.74. The van der Waals surface area contributed by atoms with Crippen LogP contribution in [0.4, 0.5) is 0 Å². The minimum absolute atomic E-state index is 0.767. The summed E-state index contributed by atoms with van der Waals surface area (Å²) in [7, 11) is 2.68. The third-order valence-corrected chi connectivity index (χ3v) is 2.88. The highest BCUT2D eigenvalue weighted by molar-refractivity contribution is 7.80. The second-order valence-corrected chi connectivity index (χ2v) is 4.37. The maximum Gasteiger partial charge on any atom is 0.0492 e. The zero-order valence-corrected chi connectivity index (χ0v) is 10.2. The van der Waals surface area contributed by atoms with Gasteiger partial charge in [0.25, 0.3) is 0 Å². The molecule has 0 aliphatic heterocycles. The van der Waals surface area contributed by atoms with E-state index in [2.05, 4.69) is 9.24 Å². The van der Waals surface area contributed by atoms with Crippen LogP contribution in [0.25, 0.3) is 0 Å². The Balaban J connectivity index is 3.05. The van der Waals surface area contributed by atoms with Crippen molar-refractivity contribution in [3.63, 3.8) is 0 Å². The Labute approximate surface area is 91.9 Å². The molecule has 0 nitrogen and oxygen atoms in total. The quantitative estimate of drug-likeness (QED) is 0.434. The van der Waals surface area contributed by atoms with Gasteiger partial charge in [0.15, 0.2) is 0 Å². The summed E-state index contributed by atoms with van der Waals surface area (Å²) in [5.74, 6) is 0. The van der Waals surface area contributed by atoms with Crippen molar-refractivity contribution >= 4 is 37.9 Å². The number of rotatable bonds is 3. The second-order valence-electron chi connectivity index (χ2n) is 2.89. The first-order chi connectivity index (χ1) is 6.16. The zero-order valence-electron chi connectivity index (χ0n) is 7.51. The molecule has 0 spiro atoms. The van der Waals surface area contributed by atoms with E-state index >= 15 is 0 Å². The van der Waals surface area contributed by atoms with Crippen LogP contribution in [0.3, 0.4) is 0 Å². The molecule has 1 aromatic carbocycles. The molecule has 0 heterocycles. The Hall–Kier alpha value is 0.0300. The molecule has 3 heteroatoms. The average Bonchev–Trinajstić information content (AvgIpc) is 2.04. The largest absolute Gasteiger partial charge is 0.137 e. The highest BCUT2D eigenvalue weighted by atomic mass is 35.5. The Morgan fingerprint density at radius 2 is 2.23 bits per heavy atom. The Kier molecular flexibility index (Phi) is 4.31. The van der Waals surface area contributed by atoms with Gasteiger partial charge in [-0.25, -0.2) is 0 Å². The van der Waals surface area contributed by atoms with Gasteiger partial charge in [-0.3, -0.25) is 0 Å². The standard InChI is InChI=1S/C10H12ClPS/c1-7-3-2-4-8(11)10(7)9(13)5-6-12/h2-4H,5-6,12H2,1H3. The molecule has 0 aliphatic rings. The second kappa shape index (κ2) is 5.05. The molecular formula is C10H12ClPS. The lowest BCUT2D eigenvalue weighted by Crippen LogP contribution is -2.01. The average molecular weight is 231 g/mol. The molecule has 0 N–H and O–H groups in total. The van der Waals surface area contributed by atoms with Gasteiger partial charge < -0.3 is 0 Å². The SMILES string of the molecule is Cc1cccc(Cl)c1C(=S)CCP. The first-order valence-corrected chi connectivity index (χ1v) is 5.75.